The molecule has 1 aliphatic carbocycles. The molecule has 0 aromatic carbocycles. The topological polar surface area (TPSA) is 36.0 Å². The molecule has 3 aliphatic rings. The summed E-state index contributed by atoms with van der Waals surface area (Å²) >= 11 is 0. The summed E-state index contributed by atoms with van der Waals surface area (Å²) in [6, 6.07) is 0.665. The molecule has 0 aromatic rings. The fraction of sp³-hybridized carbons (Fsp3) is 0.944. The number of hydrogen-bond acceptors (Lipinski definition) is 4. The molecule has 23 heavy (non-hydrogen) atoms. The Morgan fingerprint density at radius 3 is 2.30 bits per heavy atom. The molecule has 0 bridgehead atoms. The third-order valence-corrected chi connectivity index (χ3v) is 5.58. The number of unbranched alkanes of at least 4 members (excludes halogenated alkanes) is 1. The van der Waals surface area contributed by atoms with Gasteiger partial charge in [-0.25, -0.2) is 4.79 Å². The van der Waals surface area contributed by atoms with Crippen LogP contribution in [0, 0.1) is 5.92 Å². The van der Waals surface area contributed by atoms with Crippen LogP contribution < -0.4 is 0 Å². The number of carbonyl (C=O) groups is 1. The van der Waals surface area contributed by atoms with Crippen molar-refractivity contribution in [1.29, 1.82) is 0 Å². The highest BCUT2D eigenvalue weighted by Gasteiger charge is 2.31. The quantitative estimate of drug-likeness (QED) is 0.703. The van der Waals surface area contributed by atoms with E-state index in [1.54, 1.807) is 0 Å². The number of piperidine rings is 1. The van der Waals surface area contributed by atoms with E-state index in [4.69, 9.17) is 4.74 Å². The van der Waals surface area contributed by atoms with Crippen LogP contribution in [0.1, 0.15) is 45.4 Å². The normalized spacial score (nSPS) is 24.8. The Morgan fingerprint density at radius 2 is 1.70 bits per heavy atom. The molecule has 0 spiro atoms. The summed E-state index contributed by atoms with van der Waals surface area (Å²) in [5.74, 6) is 1.00. The largest absolute Gasteiger partial charge is 0.449 e. The van der Waals surface area contributed by atoms with Gasteiger partial charge in [0, 0.05) is 51.9 Å². The summed E-state index contributed by atoms with van der Waals surface area (Å²) in [5, 5.41) is 0. The van der Waals surface area contributed by atoms with Crippen LogP contribution in [-0.4, -0.2) is 79.3 Å². The maximum absolute atomic E-state index is 12.0. The monoisotopic (exact) mass is 323 g/mol. The fourth-order valence-corrected chi connectivity index (χ4v) is 3.79. The van der Waals surface area contributed by atoms with Crippen molar-refractivity contribution in [1.82, 2.24) is 14.7 Å². The Hall–Kier alpha value is -0.810. The highest BCUT2D eigenvalue weighted by molar-refractivity contribution is 5.67. The van der Waals surface area contributed by atoms with Crippen LogP contribution in [0.15, 0.2) is 0 Å². The SMILES string of the molecule is CCCCOC(=O)N1CCC(N2CCN(CC3CC3)CC2)CC1. The average molecular weight is 323 g/mol. The Kier molecular flexibility index (Phi) is 6.17. The smallest absolute Gasteiger partial charge is 0.409 e. The number of piperazine rings is 1. The van der Waals surface area contributed by atoms with Gasteiger partial charge in [-0.3, -0.25) is 4.90 Å². The lowest BCUT2D eigenvalue weighted by Gasteiger charge is -2.42. The molecule has 0 atom stereocenters. The van der Waals surface area contributed by atoms with Crippen molar-refractivity contribution in [2.45, 2.75) is 51.5 Å². The molecule has 1 saturated carbocycles. The number of amides is 1. The molecule has 2 saturated heterocycles. The molecule has 0 N–H and O–H groups in total. The molecule has 0 unspecified atom stereocenters. The molecular weight excluding hydrogens is 290 g/mol. The van der Waals surface area contributed by atoms with Gasteiger partial charge in [0.25, 0.3) is 0 Å². The average Bonchev–Trinajstić information content (AvgIpc) is 3.40. The minimum atomic E-state index is -0.105. The van der Waals surface area contributed by atoms with Crippen molar-refractivity contribution in [2.24, 2.45) is 5.92 Å². The van der Waals surface area contributed by atoms with Gasteiger partial charge in [-0.2, -0.15) is 0 Å². The summed E-state index contributed by atoms with van der Waals surface area (Å²) < 4.78 is 5.33. The standard InChI is InChI=1S/C18H33N3O2/c1-2-3-14-23-18(22)21-8-6-17(7-9-21)20-12-10-19(11-13-20)15-16-4-5-16/h16-17H,2-15H2,1H3. The number of hydrogen-bond donors (Lipinski definition) is 0. The Morgan fingerprint density at radius 1 is 1.00 bits per heavy atom. The van der Waals surface area contributed by atoms with Crippen molar-refractivity contribution in [3.05, 3.63) is 0 Å². The second-order valence-corrected chi connectivity index (χ2v) is 7.47. The number of rotatable bonds is 6. The molecule has 132 valence electrons. The first-order valence-electron chi connectivity index (χ1n) is 9.64. The zero-order valence-electron chi connectivity index (χ0n) is 14.7. The van der Waals surface area contributed by atoms with Gasteiger partial charge >= 0.3 is 6.09 Å². The third kappa shape index (κ3) is 5.08. The number of carbonyl (C=O) groups excluding carboxylic acids is 1. The molecular formula is C18H33N3O2. The second kappa shape index (κ2) is 8.34. The van der Waals surface area contributed by atoms with Gasteiger partial charge in [-0.15, -0.1) is 0 Å². The van der Waals surface area contributed by atoms with Crippen LogP contribution in [0.4, 0.5) is 4.79 Å². The van der Waals surface area contributed by atoms with E-state index in [1.165, 1.54) is 45.6 Å². The van der Waals surface area contributed by atoms with Crippen LogP contribution in [-0.2, 0) is 4.74 Å². The van der Waals surface area contributed by atoms with E-state index in [0.29, 0.717) is 12.6 Å². The van der Waals surface area contributed by atoms with Gasteiger partial charge in [0.05, 0.1) is 6.61 Å². The van der Waals surface area contributed by atoms with Crippen molar-refractivity contribution >= 4 is 6.09 Å². The number of ether oxygens (including phenoxy) is 1. The predicted octanol–water partition coefficient (Wildman–Crippen LogP) is 2.42. The van der Waals surface area contributed by atoms with E-state index in [-0.39, 0.29) is 6.09 Å². The molecule has 3 fully saturated rings. The van der Waals surface area contributed by atoms with E-state index < -0.39 is 0 Å². The van der Waals surface area contributed by atoms with Gasteiger partial charge in [0.2, 0.25) is 0 Å². The third-order valence-electron chi connectivity index (χ3n) is 5.58. The molecule has 5 heteroatoms. The first kappa shape index (κ1) is 17.0. The molecule has 0 radical (unpaired) electrons. The van der Waals surface area contributed by atoms with E-state index in [1.807, 2.05) is 4.90 Å². The van der Waals surface area contributed by atoms with Crippen molar-refractivity contribution in [3.8, 4) is 0 Å². The summed E-state index contributed by atoms with van der Waals surface area (Å²) in [6.07, 6.45) is 7.04. The van der Waals surface area contributed by atoms with Crippen LogP contribution in [0.3, 0.4) is 0 Å². The van der Waals surface area contributed by atoms with Gasteiger partial charge in [-0.1, -0.05) is 13.3 Å². The van der Waals surface area contributed by atoms with Crippen LogP contribution in [0.2, 0.25) is 0 Å². The molecule has 3 rings (SSSR count). The van der Waals surface area contributed by atoms with Gasteiger partial charge < -0.3 is 14.5 Å². The Bertz CT molecular complexity index is 370. The lowest BCUT2D eigenvalue weighted by Crippen LogP contribution is -2.54. The highest BCUT2D eigenvalue weighted by atomic mass is 16.6. The Balaban J connectivity index is 1.33. The maximum atomic E-state index is 12.0. The van der Waals surface area contributed by atoms with Crippen LogP contribution in [0.25, 0.3) is 0 Å². The summed E-state index contributed by atoms with van der Waals surface area (Å²) in [4.78, 5) is 19.2. The molecule has 5 nitrogen and oxygen atoms in total. The van der Waals surface area contributed by atoms with E-state index >= 15 is 0 Å². The lowest BCUT2D eigenvalue weighted by molar-refractivity contribution is 0.0480. The fourth-order valence-electron chi connectivity index (χ4n) is 3.79. The van der Waals surface area contributed by atoms with E-state index in [2.05, 4.69) is 16.7 Å². The van der Waals surface area contributed by atoms with Crippen LogP contribution in [0.5, 0.6) is 0 Å². The highest BCUT2D eigenvalue weighted by Crippen LogP contribution is 2.30. The minimum Gasteiger partial charge on any atom is -0.449 e. The minimum absolute atomic E-state index is 0.105. The predicted molar refractivity (Wildman–Crippen MR) is 91.6 cm³/mol. The maximum Gasteiger partial charge on any atom is 0.409 e. The first-order valence-corrected chi connectivity index (χ1v) is 9.64. The van der Waals surface area contributed by atoms with E-state index in [0.717, 1.165) is 44.7 Å². The number of nitrogens with zero attached hydrogens (tertiary/aromatic N) is 3. The van der Waals surface area contributed by atoms with E-state index in [9.17, 15) is 4.79 Å². The second-order valence-electron chi connectivity index (χ2n) is 7.47. The molecule has 0 aromatic heterocycles. The van der Waals surface area contributed by atoms with Crippen molar-refractivity contribution in [2.75, 3.05) is 52.4 Å². The van der Waals surface area contributed by atoms with Crippen LogP contribution >= 0.6 is 0 Å². The first-order chi connectivity index (χ1) is 11.3. The Labute approximate surface area is 140 Å². The summed E-state index contributed by atoms with van der Waals surface area (Å²) in [7, 11) is 0. The zero-order chi connectivity index (χ0) is 16.1. The summed E-state index contributed by atoms with van der Waals surface area (Å²) in [6.45, 7) is 10.6. The van der Waals surface area contributed by atoms with Gasteiger partial charge in [0.1, 0.15) is 0 Å². The molecule has 2 aliphatic heterocycles. The van der Waals surface area contributed by atoms with Crippen molar-refractivity contribution in [3.63, 3.8) is 0 Å². The van der Waals surface area contributed by atoms with Crippen molar-refractivity contribution < 1.29 is 9.53 Å². The summed E-state index contributed by atoms with van der Waals surface area (Å²) in [5.41, 5.74) is 0. The van der Waals surface area contributed by atoms with Gasteiger partial charge in [-0.05, 0) is 38.0 Å². The zero-order valence-corrected chi connectivity index (χ0v) is 14.7. The van der Waals surface area contributed by atoms with Gasteiger partial charge in [0.15, 0.2) is 0 Å². The molecule has 2 heterocycles. The number of likely N-dealkylation sites (tertiary alicyclic amines) is 1. The lowest BCUT2D eigenvalue weighted by atomic mass is 10.0. The molecule has 1 amide bonds.